The monoisotopic (exact) mass is 284 g/mol. The Hall–Kier alpha value is -2.63. The molecule has 2 heterocycles. The van der Waals surface area contributed by atoms with Crippen molar-refractivity contribution in [3.05, 3.63) is 51.7 Å². The van der Waals surface area contributed by atoms with Crippen molar-refractivity contribution in [1.82, 2.24) is 4.98 Å². The lowest BCUT2D eigenvalue weighted by Gasteiger charge is -2.19. The second-order valence-electron chi connectivity index (χ2n) is 5.14. The van der Waals surface area contributed by atoms with E-state index < -0.39 is 4.92 Å². The second-order valence-corrected chi connectivity index (χ2v) is 5.14. The molecule has 0 atom stereocenters. The Bertz CT molecular complexity index is 700. The van der Waals surface area contributed by atoms with Gasteiger partial charge >= 0.3 is 0 Å². The Morgan fingerprint density at radius 1 is 1.38 bits per heavy atom. The first-order chi connectivity index (χ1) is 10.1. The van der Waals surface area contributed by atoms with Gasteiger partial charge in [-0.25, -0.2) is 4.98 Å². The average Bonchev–Trinajstić information content (AvgIpc) is 2.49. The number of rotatable bonds is 3. The molecule has 0 saturated heterocycles. The summed E-state index contributed by atoms with van der Waals surface area (Å²) >= 11 is 0. The lowest BCUT2D eigenvalue weighted by atomic mass is 10.0. The quantitative estimate of drug-likeness (QED) is 0.667. The molecule has 1 aliphatic heterocycles. The highest BCUT2D eigenvalue weighted by Gasteiger charge is 2.12. The minimum absolute atomic E-state index is 0.00712. The fraction of sp³-hybridized carbons (Fsp3) is 0.267. The first-order valence-electron chi connectivity index (χ1n) is 6.88. The van der Waals surface area contributed by atoms with Crippen LogP contribution in [0.3, 0.4) is 0 Å². The molecule has 0 amide bonds. The van der Waals surface area contributed by atoms with Crippen molar-refractivity contribution in [2.24, 2.45) is 0 Å². The van der Waals surface area contributed by atoms with Gasteiger partial charge in [0.25, 0.3) is 5.69 Å². The van der Waals surface area contributed by atoms with Crippen molar-refractivity contribution >= 4 is 22.9 Å². The van der Waals surface area contributed by atoms with Gasteiger partial charge in [0, 0.05) is 24.0 Å². The van der Waals surface area contributed by atoms with Crippen molar-refractivity contribution in [2.45, 2.75) is 19.8 Å². The van der Waals surface area contributed by atoms with E-state index in [1.807, 2.05) is 13.0 Å². The van der Waals surface area contributed by atoms with Crippen LogP contribution in [-0.4, -0.2) is 16.5 Å². The Balaban J connectivity index is 1.85. The molecule has 2 aromatic rings. The molecule has 1 aromatic heterocycles. The minimum atomic E-state index is -0.436. The number of hydrogen-bond donors (Lipinski definition) is 2. The lowest BCUT2D eigenvalue weighted by Crippen LogP contribution is -2.11. The van der Waals surface area contributed by atoms with E-state index in [0.717, 1.165) is 30.6 Å². The zero-order chi connectivity index (χ0) is 14.8. The third kappa shape index (κ3) is 2.79. The van der Waals surface area contributed by atoms with Gasteiger partial charge < -0.3 is 10.6 Å². The molecule has 3 rings (SSSR count). The fourth-order valence-electron chi connectivity index (χ4n) is 2.48. The van der Waals surface area contributed by atoms with Crippen LogP contribution in [0.4, 0.5) is 22.9 Å². The molecule has 6 nitrogen and oxygen atoms in total. The van der Waals surface area contributed by atoms with E-state index in [1.165, 1.54) is 23.5 Å². The smallest absolute Gasteiger partial charge is 0.287 e. The molecule has 0 aliphatic carbocycles. The maximum Gasteiger partial charge on any atom is 0.287 e. The third-order valence-electron chi connectivity index (χ3n) is 3.58. The summed E-state index contributed by atoms with van der Waals surface area (Å²) in [4.78, 5) is 14.4. The van der Waals surface area contributed by atoms with E-state index in [1.54, 1.807) is 0 Å². The van der Waals surface area contributed by atoms with Gasteiger partial charge in [-0.05, 0) is 49.1 Å². The number of nitro groups is 1. The highest BCUT2D eigenvalue weighted by atomic mass is 16.6. The first kappa shape index (κ1) is 13.4. The van der Waals surface area contributed by atoms with E-state index in [9.17, 15) is 10.1 Å². The lowest BCUT2D eigenvalue weighted by molar-refractivity contribution is -0.385. The van der Waals surface area contributed by atoms with Gasteiger partial charge in [-0.3, -0.25) is 10.1 Å². The van der Waals surface area contributed by atoms with Crippen LogP contribution in [0, 0.1) is 17.0 Å². The Labute approximate surface area is 122 Å². The van der Waals surface area contributed by atoms with Crippen LogP contribution < -0.4 is 10.6 Å². The van der Waals surface area contributed by atoms with Gasteiger partial charge in [0.2, 0.25) is 0 Å². The molecule has 0 fully saturated rings. The van der Waals surface area contributed by atoms with Crippen molar-refractivity contribution in [3.8, 4) is 0 Å². The zero-order valence-electron chi connectivity index (χ0n) is 11.7. The number of pyridine rings is 1. The van der Waals surface area contributed by atoms with Crippen molar-refractivity contribution in [2.75, 3.05) is 17.2 Å². The van der Waals surface area contributed by atoms with E-state index in [-0.39, 0.29) is 5.69 Å². The number of aromatic nitrogens is 1. The molecule has 0 radical (unpaired) electrons. The van der Waals surface area contributed by atoms with Crippen LogP contribution in [0.1, 0.15) is 17.5 Å². The van der Waals surface area contributed by atoms with Crippen molar-refractivity contribution in [1.29, 1.82) is 0 Å². The number of nitrogens with zero attached hydrogens (tertiary/aromatic N) is 2. The topological polar surface area (TPSA) is 80.1 Å². The summed E-state index contributed by atoms with van der Waals surface area (Å²) in [6, 6.07) is 7.66. The number of anilines is 3. The minimum Gasteiger partial charge on any atom is -0.385 e. The Morgan fingerprint density at radius 3 is 3.00 bits per heavy atom. The van der Waals surface area contributed by atoms with Crippen molar-refractivity contribution < 1.29 is 4.92 Å². The average molecular weight is 284 g/mol. The van der Waals surface area contributed by atoms with Crippen LogP contribution in [0.5, 0.6) is 0 Å². The summed E-state index contributed by atoms with van der Waals surface area (Å²) in [5, 5.41) is 17.3. The number of benzene rings is 1. The molecular weight excluding hydrogens is 268 g/mol. The molecule has 0 saturated carbocycles. The predicted molar refractivity (Wildman–Crippen MR) is 82.2 cm³/mol. The van der Waals surface area contributed by atoms with Crippen molar-refractivity contribution in [3.63, 3.8) is 0 Å². The normalized spacial score (nSPS) is 13.2. The number of aryl methyl sites for hydroxylation is 2. The molecule has 0 spiro atoms. The Morgan fingerprint density at radius 2 is 2.24 bits per heavy atom. The summed E-state index contributed by atoms with van der Waals surface area (Å²) in [7, 11) is 0. The van der Waals surface area contributed by atoms with Crippen LogP contribution in [0.25, 0.3) is 0 Å². The molecule has 1 aliphatic rings. The molecular formula is C15H16N4O2. The summed E-state index contributed by atoms with van der Waals surface area (Å²) in [5.41, 5.74) is 4.17. The van der Waals surface area contributed by atoms with Crippen LogP contribution in [0.2, 0.25) is 0 Å². The second kappa shape index (κ2) is 5.40. The largest absolute Gasteiger partial charge is 0.385 e. The van der Waals surface area contributed by atoms with E-state index in [4.69, 9.17) is 0 Å². The fourth-order valence-corrected chi connectivity index (χ4v) is 2.48. The Kier molecular flexibility index (Phi) is 3.43. The SMILES string of the molecule is Cc1cc([N+](=O)[O-])cnc1Nc1ccc2c(c1)CCCN2. The molecule has 6 heteroatoms. The van der Waals surface area contributed by atoms with Gasteiger partial charge in [0.1, 0.15) is 12.0 Å². The van der Waals surface area contributed by atoms with E-state index >= 15 is 0 Å². The predicted octanol–water partition coefficient (Wildman–Crippen LogP) is 3.40. The summed E-state index contributed by atoms with van der Waals surface area (Å²) in [6.07, 6.45) is 3.46. The maximum absolute atomic E-state index is 10.7. The first-order valence-corrected chi connectivity index (χ1v) is 6.88. The molecule has 0 bridgehead atoms. The summed E-state index contributed by atoms with van der Waals surface area (Å²) < 4.78 is 0. The molecule has 21 heavy (non-hydrogen) atoms. The molecule has 108 valence electrons. The molecule has 0 unspecified atom stereocenters. The van der Waals surface area contributed by atoms with Gasteiger partial charge in [-0.1, -0.05) is 0 Å². The highest BCUT2D eigenvalue weighted by molar-refractivity contribution is 5.66. The van der Waals surface area contributed by atoms with Crippen LogP contribution in [-0.2, 0) is 6.42 Å². The zero-order valence-corrected chi connectivity index (χ0v) is 11.7. The number of nitrogens with one attached hydrogen (secondary N) is 2. The summed E-state index contributed by atoms with van der Waals surface area (Å²) in [5.74, 6) is 0.643. The number of fused-ring (bicyclic) bond motifs is 1. The van der Waals surface area contributed by atoms with Gasteiger partial charge in [-0.2, -0.15) is 0 Å². The van der Waals surface area contributed by atoms with Gasteiger partial charge in [-0.15, -0.1) is 0 Å². The van der Waals surface area contributed by atoms with Gasteiger partial charge in [0.15, 0.2) is 0 Å². The number of hydrogen-bond acceptors (Lipinski definition) is 5. The summed E-state index contributed by atoms with van der Waals surface area (Å²) in [6.45, 7) is 2.82. The molecule has 2 N–H and O–H groups in total. The van der Waals surface area contributed by atoms with Crippen LogP contribution >= 0.6 is 0 Å². The standard InChI is InChI=1S/C15H16N4O2/c1-10-7-13(19(20)21)9-17-15(10)18-12-4-5-14-11(8-12)3-2-6-16-14/h4-5,7-9,16H,2-3,6H2,1H3,(H,17,18). The van der Waals surface area contributed by atoms with Gasteiger partial charge in [0.05, 0.1) is 4.92 Å². The maximum atomic E-state index is 10.7. The third-order valence-corrected chi connectivity index (χ3v) is 3.58. The van der Waals surface area contributed by atoms with E-state index in [2.05, 4.69) is 27.8 Å². The van der Waals surface area contributed by atoms with Crippen LogP contribution in [0.15, 0.2) is 30.5 Å². The van der Waals surface area contributed by atoms with E-state index in [0.29, 0.717) is 5.82 Å². The molecule has 1 aromatic carbocycles. The highest BCUT2D eigenvalue weighted by Crippen LogP contribution is 2.28.